The zero-order chi connectivity index (χ0) is 15.5. The van der Waals surface area contributed by atoms with Gasteiger partial charge in [-0.1, -0.05) is 52.9 Å². The molecule has 2 aliphatic rings. The lowest BCUT2D eigenvalue weighted by Crippen LogP contribution is -2.72. The highest BCUT2D eigenvalue weighted by atomic mass is 16.2. The van der Waals surface area contributed by atoms with Crippen LogP contribution in [0.4, 0.5) is 0 Å². The molecular formula is C17H30N2O2. The minimum absolute atomic E-state index is 0.0944. The molecule has 1 spiro atoms. The van der Waals surface area contributed by atoms with Crippen molar-refractivity contribution in [3.05, 3.63) is 0 Å². The van der Waals surface area contributed by atoms with Gasteiger partial charge in [0.05, 0.1) is 0 Å². The Kier molecular flexibility index (Phi) is 5.28. The van der Waals surface area contributed by atoms with E-state index in [0.29, 0.717) is 0 Å². The summed E-state index contributed by atoms with van der Waals surface area (Å²) < 4.78 is 0. The first-order chi connectivity index (χ1) is 10.0. The summed E-state index contributed by atoms with van der Waals surface area (Å²) in [6.45, 7) is 6.92. The van der Waals surface area contributed by atoms with Gasteiger partial charge in [-0.25, -0.2) is 0 Å². The Bertz CT molecular complexity index is 386. The Labute approximate surface area is 128 Å². The maximum atomic E-state index is 12.9. The fraction of sp³-hybridized carbons (Fsp3) is 0.882. The number of amides is 2. The second-order valence-corrected chi connectivity index (χ2v) is 6.98. The fourth-order valence-electron chi connectivity index (χ4n) is 3.77. The number of rotatable bonds is 5. The molecule has 0 radical (unpaired) electrons. The number of nitrogens with zero attached hydrogens (tertiary/aromatic N) is 1. The van der Waals surface area contributed by atoms with Gasteiger partial charge in [-0.15, -0.1) is 0 Å². The van der Waals surface area contributed by atoms with Gasteiger partial charge in [0.2, 0.25) is 11.8 Å². The summed E-state index contributed by atoms with van der Waals surface area (Å²) in [4.78, 5) is 27.6. The Morgan fingerprint density at radius 3 is 2.43 bits per heavy atom. The van der Waals surface area contributed by atoms with Crippen molar-refractivity contribution < 1.29 is 9.59 Å². The molecular weight excluding hydrogens is 264 g/mol. The summed E-state index contributed by atoms with van der Waals surface area (Å²) in [6, 6.07) is -0.341. The standard InChI is InChI=1S/C17H30N2O2/c1-4-5-9-12-19-15(20)14(13(2)3)18-16(21)17(19)10-7-6-8-11-17/h13-14H,4-12H2,1-3H3,(H,18,21). The van der Waals surface area contributed by atoms with E-state index in [2.05, 4.69) is 12.2 Å². The van der Waals surface area contributed by atoms with Gasteiger partial charge < -0.3 is 10.2 Å². The van der Waals surface area contributed by atoms with Crippen LogP contribution in [0, 0.1) is 5.92 Å². The fourth-order valence-corrected chi connectivity index (χ4v) is 3.77. The molecule has 1 atom stereocenters. The molecule has 2 rings (SSSR count). The maximum Gasteiger partial charge on any atom is 0.246 e. The SMILES string of the molecule is CCCCCN1C(=O)C(C(C)C)NC(=O)C12CCCCC2. The Morgan fingerprint density at radius 2 is 1.86 bits per heavy atom. The van der Waals surface area contributed by atoms with Crippen molar-refractivity contribution in [1.29, 1.82) is 0 Å². The molecule has 2 amide bonds. The van der Waals surface area contributed by atoms with E-state index in [-0.39, 0.29) is 23.8 Å². The average molecular weight is 294 g/mol. The van der Waals surface area contributed by atoms with Crippen molar-refractivity contribution in [3.63, 3.8) is 0 Å². The van der Waals surface area contributed by atoms with Crippen LogP contribution >= 0.6 is 0 Å². The van der Waals surface area contributed by atoms with Crippen LogP contribution in [0.1, 0.15) is 72.1 Å². The van der Waals surface area contributed by atoms with Crippen molar-refractivity contribution in [2.24, 2.45) is 5.92 Å². The van der Waals surface area contributed by atoms with Gasteiger partial charge in [0, 0.05) is 6.54 Å². The van der Waals surface area contributed by atoms with Gasteiger partial charge in [-0.2, -0.15) is 0 Å². The first kappa shape index (κ1) is 16.3. The van der Waals surface area contributed by atoms with E-state index in [4.69, 9.17) is 0 Å². The van der Waals surface area contributed by atoms with E-state index in [9.17, 15) is 9.59 Å². The van der Waals surface area contributed by atoms with Crippen molar-refractivity contribution >= 4 is 11.8 Å². The number of carbonyl (C=O) groups is 2. The van der Waals surface area contributed by atoms with Crippen LogP contribution in [0.3, 0.4) is 0 Å². The molecule has 1 unspecified atom stereocenters. The Balaban J connectivity index is 2.23. The second kappa shape index (κ2) is 6.80. The van der Waals surface area contributed by atoms with Gasteiger partial charge in [-0.05, 0) is 25.2 Å². The third-order valence-corrected chi connectivity index (χ3v) is 5.09. The molecule has 0 bridgehead atoms. The quantitative estimate of drug-likeness (QED) is 0.793. The molecule has 21 heavy (non-hydrogen) atoms. The third-order valence-electron chi connectivity index (χ3n) is 5.09. The Hall–Kier alpha value is -1.06. The van der Waals surface area contributed by atoms with E-state index in [1.54, 1.807) is 0 Å². The summed E-state index contributed by atoms with van der Waals surface area (Å²) in [5.41, 5.74) is -0.547. The van der Waals surface area contributed by atoms with Crippen LogP contribution in [0.5, 0.6) is 0 Å². The minimum Gasteiger partial charge on any atom is -0.342 e. The van der Waals surface area contributed by atoms with Crippen molar-refractivity contribution in [1.82, 2.24) is 10.2 Å². The third kappa shape index (κ3) is 3.09. The summed E-state index contributed by atoms with van der Waals surface area (Å²) in [5, 5.41) is 3.02. The van der Waals surface area contributed by atoms with Crippen LogP contribution in [-0.4, -0.2) is 34.8 Å². The molecule has 0 aromatic heterocycles. The lowest BCUT2D eigenvalue weighted by Gasteiger charge is -2.50. The molecule has 1 aliphatic carbocycles. The summed E-state index contributed by atoms with van der Waals surface area (Å²) in [7, 11) is 0. The molecule has 2 fully saturated rings. The van der Waals surface area contributed by atoms with E-state index in [1.165, 1.54) is 6.42 Å². The Morgan fingerprint density at radius 1 is 1.19 bits per heavy atom. The van der Waals surface area contributed by atoms with Gasteiger partial charge >= 0.3 is 0 Å². The molecule has 1 heterocycles. The number of hydrogen-bond acceptors (Lipinski definition) is 2. The van der Waals surface area contributed by atoms with Crippen LogP contribution in [-0.2, 0) is 9.59 Å². The smallest absolute Gasteiger partial charge is 0.246 e. The van der Waals surface area contributed by atoms with E-state index >= 15 is 0 Å². The molecule has 4 heteroatoms. The first-order valence-corrected chi connectivity index (χ1v) is 8.65. The zero-order valence-electron chi connectivity index (χ0n) is 13.8. The van der Waals surface area contributed by atoms with Gasteiger partial charge in [-0.3, -0.25) is 9.59 Å². The minimum atomic E-state index is -0.547. The van der Waals surface area contributed by atoms with Gasteiger partial charge in [0.25, 0.3) is 0 Å². The monoisotopic (exact) mass is 294 g/mol. The van der Waals surface area contributed by atoms with Crippen molar-refractivity contribution in [3.8, 4) is 0 Å². The highest BCUT2D eigenvalue weighted by Crippen LogP contribution is 2.37. The average Bonchev–Trinajstić information content (AvgIpc) is 2.47. The lowest BCUT2D eigenvalue weighted by molar-refractivity contribution is -0.161. The predicted molar refractivity (Wildman–Crippen MR) is 83.8 cm³/mol. The van der Waals surface area contributed by atoms with E-state index < -0.39 is 5.54 Å². The van der Waals surface area contributed by atoms with Crippen LogP contribution in [0.25, 0.3) is 0 Å². The number of carbonyl (C=O) groups excluding carboxylic acids is 2. The van der Waals surface area contributed by atoms with Crippen molar-refractivity contribution in [2.45, 2.75) is 83.7 Å². The normalized spacial score (nSPS) is 25.5. The van der Waals surface area contributed by atoms with Crippen LogP contribution in [0.2, 0.25) is 0 Å². The number of hydrogen-bond donors (Lipinski definition) is 1. The molecule has 1 saturated heterocycles. The largest absolute Gasteiger partial charge is 0.342 e. The van der Waals surface area contributed by atoms with E-state index in [1.807, 2.05) is 18.7 Å². The summed E-state index contributed by atoms with van der Waals surface area (Å²) in [5.74, 6) is 0.385. The molecule has 1 aliphatic heterocycles. The summed E-state index contributed by atoms with van der Waals surface area (Å²) in [6.07, 6.45) is 8.21. The van der Waals surface area contributed by atoms with Gasteiger partial charge in [0.1, 0.15) is 11.6 Å². The summed E-state index contributed by atoms with van der Waals surface area (Å²) >= 11 is 0. The predicted octanol–water partition coefficient (Wildman–Crippen LogP) is 2.86. The number of nitrogens with one attached hydrogen (secondary N) is 1. The van der Waals surface area contributed by atoms with Crippen LogP contribution in [0.15, 0.2) is 0 Å². The maximum absolute atomic E-state index is 12.9. The molecule has 1 saturated carbocycles. The molecule has 0 aromatic carbocycles. The van der Waals surface area contributed by atoms with Crippen LogP contribution < -0.4 is 5.32 Å². The number of piperazine rings is 1. The number of unbranched alkanes of at least 4 members (excludes halogenated alkanes) is 2. The zero-order valence-corrected chi connectivity index (χ0v) is 13.8. The lowest BCUT2D eigenvalue weighted by atomic mass is 9.76. The highest BCUT2D eigenvalue weighted by Gasteiger charge is 2.52. The molecule has 0 aromatic rings. The molecule has 1 N–H and O–H groups in total. The first-order valence-electron chi connectivity index (χ1n) is 8.65. The molecule has 120 valence electrons. The highest BCUT2D eigenvalue weighted by molar-refractivity contribution is 6.00. The van der Waals surface area contributed by atoms with E-state index in [0.717, 1.165) is 51.5 Å². The molecule has 4 nitrogen and oxygen atoms in total. The second-order valence-electron chi connectivity index (χ2n) is 6.98. The van der Waals surface area contributed by atoms with Gasteiger partial charge in [0.15, 0.2) is 0 Å². The van der Waals surface area contributed by atoms with Crippen molar-refractivity contribution in [2.75, 3.05) is 6.54 Å². The topological polar surface area (TPSA) is 49.4 Å².